The van der Waals surface area contributed by atoms with Gasteiger partial charge in [0.05, 0.1) is 5.60 Å². The second-order valence-electron chi connectivity index (χ2n) is 5.08. The second-order valence-corrected chi connectivity index (χ2v) is 5.08. The van der Waals surface area contributed by atoms with Crippen molar-refractivity contribution in [2.75, 3.05) is 0 Å². The van der Waals surface area contributed by atoms with Crippen molar-refractivity contribution in [3.05, 3.63) is 70.8 Å². The number of aliphatic hydroxyl groups is 1. The maximum atomic E-state index is 13.7. The maximum Gasteiger partial charge on any atom is 0.162 e. The molecule has 0 bridgehead atoms. The van der Waals surface area contributed by atoms with Gasteiger partial charge in [0, 0.05) is 6.42 Å². The van der Waals surface area contributed by atoms with E-state index in [-0.39, 0.29) is 12.0 Å². The van der Waals surface area contributed by atoms with Crippen LogP contribution in [0.15, 0.2) is 42.5 Å². The van der Waals surface area contributed by atoms with Crippen LogP contribution in [0.5, 0.6) is 0 Å². The van der Waals surface area contributed by atoms with E-state index in [0.29, 0.717) is 6.42 Å². The minimum absolute atomic E-state index is 0.105. The van der Waals surface area contributed by atoms with Crippen LogP contribution >= 0.6 is 0 Å². The lowest BCUT2D eigenvalue weighted by Gasteiger charge is -2.24. The fourth-order valence-electron chi connectivity index (χ4n) is 2.85. The Bertz CT molecular complexity index is 624. The molecule has 1 aliphatic carbocycles. The first-order chi connectivity index (χ1) is 9.10. The molecule has 0 radical (unpaired) electrons. The largest absolute Gasteiger partial charge is 0.385 e. The van der Waals surface area contributed by atoms with Gasteiger partial charge in [-0.05, 0) is 35.6 Å². The summed E-state index contributed by atoms with van der Waals surface area (Å²) in [6.07, 6.45) is 1.42. The number of aryl methyl sites for hydroxylation is 1. The van der Waals surface area contributed by atoms with Crippen LogP contribution in [-0.2, 0) is 18.4 Å². The molecule has 3 heteroatoms. The lowest BCUT2D eigenvalue weighted by molar-refractivity contribution is 0.0379. The van der Waals surface area contributed by atoms with Crippen molar-refractivity contribution < 1.29 is 13.9 Å². The molecule has 1 aliphatic rings. The number of hydrogen-bond donors (Lipinski definition) is 1. The van der Waals surface area contributed by atoms with Crippen molar-refractivity contribution in [3.8, 4) is 0 Å². The van der Waals surface area contributed by atoms with Crippen LogP contribution in [0.25, 0.3) is 0 Å². The number of fused-ring (bicyclic) bond motifs is 1. The van der Waals surface area contributed by atoms with Crippen molar-refractivity contribution in [1.82, 2.24) is 0 Å². The van der Waals surface area contributed by atoms with Gasteiger partial charge in [-0.3, -0.25) is 0 Å². The average Bonchev–Trinajstić information content (AvgIpc) is 2.74. The molecule has 1 nitrogen and oxygen atoms in total. The molecule has 0 amide bonds. The van der Waals surface area contributed by atoms with Crippen LogP contribution in [0, 0.1) is 11.6 Å². The Morgan fingerprint density at radius 2 is 1.84 bits per heavy atom. The highest BCUT2D eigenvalue weighted by atomic mass is 19.2. The summed E-state index contributed by atoms with van der Waals surface area (Å²) in [6.45, 7) is 0. The molecule has 0 heterocycles. The second kappa shape index (κ2) is 4.42. The fourth-order valence-corrected chi connectivity index (χ4v) is 2.85. The third-order valence-electron chi connectivity index (χ3n) is 3.84. The van der Waals surface area contributed by atoms with Gasteiger partial charge in [0.15, 0.2) is 11.6 Å². The SMILES string of the molecule is OC1(Cc2cccc(F)c2F)CCc2ccccc21. The highest BCUT2D eigenvalue weighted by molar-refractivity contribution is 5.39. The molecule has 1 atom stereocenters. The van der Waals surface area contributed by atoms with Gasteiger partial charge in [-0.1, -0.05) is 36.4 Å². The molecule has 0 fully saturated rings. The zero-order valence-electron chi connectivity index (χ0n) is 10.4. The van der Waals surface area contributed by atoms with E-state index in [4.69, 9.17) is 0 Å². The average molecular weight is 260 g/mol. The molecule has 0 saturated carbocycles. The van der Waals surface area contributed by atoms with E-state index in [1.54, 1.807) is 0 Å². The van der Waals surface area contributed by atoms with Gasteiger partial charge in [0.1, 0.15) is 0 Å². The Hall–Kier alpha value is -1.74. The van der Waals surface area contributed by atoms with Crippen LogP contribution in [0.1, 0.15) is 23.1 Å². The van der Waals surface area contributed by atoms with Gasteiger partial charge in [0.25, 0.3) is 0 Å². The van der Waals surface area contributed by atoms with E-state index in [2.05, 4.69) is 0 Å². The first kappa shape index (κ1) is 12.3. The van der Waals surface area contributed by atoms with Gasteiger partial charge in [-0.15, -0.1) is 0 Å². The van der Waals surface area contributed by atoms with Crippen LogP contribution in [0.2, 0.25) is 0 Å². The van der Waals surface area contributed by atoms with Gasteiger partial charge >= 0.3 is 0 Å². The zero-order chi connectivity index (χ0) is 13.5. The molecule has 1 unspecified atom stereocenters. The third-order valence-corrected chi connectivity index (χ3v) is 3.84. The minimum atomic E-state index is -1.09. The van der Waals surface area contributed by atoms with Gasteiger partial charge in [-0.2, -0.15) is 0 Å². The molecule has 1 N–H and O–H groups in total. The zero-order valence-corrected chi connectivity index (χ0v) is 10.4. The molecule has 98 valence electrons. The van der Waals surface area contributed by atoms with Gasteiger partial charge in [-0.25, -0.2) is 8.78 Å². The van der Waals surface area contributed by atoms with Crippen LogP contribution in [-0.4, -0.2) is 5.11 Å². The molecule has 19 heavy (non-hydrogen) atoms. The smallest absolute Gasteiger partial charge is 0.162 e. The molecule has 0 saturated heterocycles. The molecular weight excluding hydrogens is 246 g/mol. The maximum absolute atomic E-state index is 13.7. The summed E-state index contributed by atoms with van der Waals surface area (Å²) >= 11 is 0. The molecule has 2 aromatic carbocycles. The van der Waals surface area contributed by atoms with Crippen molar-refractivity contribution in [3.63, 3.8) is 0 Å². The Morgan fingerprint density at radius 3 is 2.68 bits per heavy atom. The van der Waals surface area contributed by atoms with Crippen LogP contribution in [0.3, 0.4) is 0 Å². The molecule has 2 aromatic rings. The summed E-state index contributed by atoms with van der Waals surface area (Å²) in [5, 5.41) is 10.7. The predicted molar refractivity (Wildman–Crippen MR) is 68.7 cm³/mol. The standard InChI is InChI=1S/C16H14F2O/c17-14-7-3-5-12(15(14)18)10-16(19)9-8-11-4-1-2-6-13(11)16/h1-7,19H,8-10H2. The van der Waals surface area contributed by atoms with Crippen molar-refractivity contribution >= 4 is 0 Å². The summed E-state index contributed by atoms with van der Waals surface area (Å²) in [5.41, 5.74) is 1.05. The summed E-state index contributed by atoms with van der Waals surface area (Å²) in [5.74, 6) is -1.73. The Morgan fingerprint density at radius 1 is 1.05 bits per heavy atom. The highest BCUT2D eigenvalue weighted by Gasteiger charge is 2.37. The molecule has 0 spiro atoms. The highest BCUT2D eigenvalue weighted by Crippen LogP contribution is 2.39. The van der Waals surface area contributed by atoms with Crippen LogP contribution < -0.4 is 0 Å². The predicted octanol–water partition coefficient (Wildman–Crippen LogP) is 3.34. The van der Waals surface area contributed by atoms with Crippen LogP contribution in [0.4, 0.5) is 8.78 Å². The van der Waals surface area contributed by atoms with Crippen molar-refractivity contribution in [2.45, 2.75) is 24.9 Å². The number of hydrogen-bond acceptors (Lipinski definition) is 1. The van der Waals surface area contributed by atoms with E-state index in [1.165, 1.54) is 12.1 Å². The third kappa shape index (κ3) is 2.04. The number of benzene rings is 2. The van der Waals surface area contributed by atoms with E-state index in [0.717, 1.165) is 23.6 Å². The summed E-state index contributed by atoms with van der Waals surface area (Å²) in [6, 6.07) is 11.7. The lowest BCUT2D eigenvalue weighted by Crippen LogP contribution is -2.26. The first-order valence-electron chi connectivity index (χ1n) is 6.34. The van der Waals surface area contributed by atoms with E-state index in [9.17, 15) is 13.9 Å². The topological polar surface area (TPSA) is 20.2 Å². The quantitative estimate of drug-likeness (QED) is 0.878. The molecule has 0 aromatic heterocycles. The fraction of sp³-hybridized carbons (Fsp3) is 0.250. The monoisotopic (exact) mass is 260 g/mol. The van der Waals surface area contributed by atoms with E-state index >= 15 is 0 Å². The molecular formula is C16H14F2O. The first-order valence-corrected chi connectivity index (χ1v) is 6.34. The van der Waals surface area contributed by atoms with E-state index in [1.807, 2.05) is 24.3 Å². The Labute approximate surface area is 110 Å². The number of rotatable bonds is 2. The Kier molecular flexibility index (Phi) is 2.86. The van der Waals surface area contributed by atoms with Crippen molar-refractivity contribution in [1.29, 1.82) is 0 Å². The summed E-state index contributed by atoms with van der Waals surface area (Å²) in [7, 11) is 0. The Balaban J connectivity index is 1.98. The molecule has 3 rings (SSSR count). The summed E-state index contributed by atoms with van der Waals surface area (Å²) < 4.78 is 26.9. The normalized spacial score (nSPS) is 21.4. The summed E-state index contributed by atoms with van der Waals surface area (Å²) in [4.78, 5) is 0. The van der Waals surface area contributed by atoms with Crippen molar-refractivity contribution in [2.24, 2.45) is 0 Å². The van der Waals surface area contributed by atoms with Gasteiger partial charge in [0.2, 0.25) is 0 Å². The lowest BCUT2D eigenvalue weighted by atomic mass is 9.88. The van der Waals surface area contributed by atoms with E-state index < -0.39 is 17.2 Å². The molecule has 0 aliphatic heterocycles. The number of halogens is 2. The minimum Gasteiger partial charge on any atom is -0.385 e. The van der Waals surface area contributed by atoms with Gasteiger partial charge < -0.3 is 5.11 Å².